The number of hydrogen-bond donors (Lipinski definition) is 1. The fourth-order valence-corrected chi connectivity index (χ4v) is 4.84. The number of nitrogens with one attached hydrogen (secondary N) is 1. The van der Waals surface area contributed by atoms with Crippen LogP contribution in [-0.4, -0.2) is 22.6 Å². The molecule has 0 fully saturated rings. The number of rotatable bonds is 7. The standard InChI is InChI=1S/C22H20F2N2O.C12H9ClFN/c23-19-7-4-16(5-8-19)18-10-15(11-25-13-18)12-26-14-20-9-6-17-2-1-3-21(24)22(17)27-20;13-6-9-5-11(8-15-7-9)10-1-3-12(14)4-2-10/h1-5,7-8,10-11,13,20,26H,6,9,12,14H2;1-5,7-8H,6H2. The molecule has 1 atom stereocenters. The zero-order valence-corrected chi connectivity index (χ0v) is 23.5. The minimum Gasteiger partial charge on any atom is -0.486 e. The first kappa shape index (κ1) is 29.3. The van der Waals surface area contributed by atoms with Crippen molar-refractivity contribution in [2.75, 3.05) is 6.54 Å². The number of alkyl halides is 1. The van der Waals surface area contributed by atoms with Gasteiger partial charge < -0.3 is 10.1 Å². The Hall–Kier alpha value is -4.20. The van der Waals surface area contributed by atoms with Gasteiger partial charge in [0.2, 0.25) is 0 Å². The predicted octanol–water partition coefficient (Wildman–Crippen LogP) is 8.14. The van der Waals surface area contributed by atoms with Gasteiger partial charge in [0.05, 0.1) is 0 Å². The Labute approximate surface area is 248 Å². The minimum absolute atomic E-state index is 0.0531. The molecule has 0 radical (unpaired) electrons. The Morgan fingerprint density at radius 2 is 1.33 bits per heavy atom. The molecule has 0 bridgehead atoms. The van der Waals surface area contributed by atoms with Crippen molar-refractivity contribution in [2.45, 2.75) is 31.4 Å². The van der Waals surface area contributed by atoms with Crippen molar-refractivity contribution in [3.63, 3.8) is 0 Å². The largest absolute Gasteiger partial charge is 0.486 e. The average Bonchev–Trinajstić information content (AvgIpc) is 3.03. The number of hydrogen-bond acceptors (Lipinski definition) is 4. The highest BCUT2D eigenvalue weighted by atomic mass is 35.5. The van der Waals surface area contributed by atoms with E-state index in [4.69, 9.17) is 16.3 Å². The molecule has 4 nitrogen and oxygen atoms in total. The average molecular weight is 588 g/mol. The summed E-state index contributed by atoms with van der Waals surface area (Å²) >= 11 is 5.71. The molecule has 8 heteroatoms. The highest BCUT2D eigenvalue weighted by molar-refractivity contribution is 6.17. The maximum absolute atomic E-state index is 13.9. The van der Waals surface area contributed by atoms with Crippen molar-refractivity contribution in [3.05, 3.63) is 138 Å². The summed E-state index contributed by atoms with van der Waals surface area (Å²) in [5.74, 6) is 0.0290. The zero-order chi connectivity index (χ0) is 29.3. The van der Waals surface area contributed by atoms with Crippen molar-refractivity contribution >= 4 is 11.6 Å². The van der Waals surface area contributed by atoms with Gasteiger partial charge in [0.15, 0.2) is 11.6 Å². The molecule has 3 heterocycles. The van der Waals surface area contributed by atoms with Crippen LogP contribution < -0.4 is 10.1 Å². The summed E-state index contributed by atoms with van der Waals surface area (Å²) in [5.41, 5.74) is 6.68. The van der Waals surface area contributed by atoms with E-state index >= 15 is 0 Å². The monoisotopic (exact) mass is 587 g/mol. The van der Waals surface area contributed by atoms with Gasteiger partial charge in [-0.2, -0.15) is 0 Å². The van der Waals surface area contributed by atoms with E-state index in [1.807, 2.05) is 18.2 Å². The highest BCUT2D eigenvalue weighted by Gasteiger charge is 2.22. The van der Waals surface area contributed by atoms with Crippen LogP contribution in [0, 0.1) is 17.5 Å². The van der Waals surface area contributed by atoms with E-state index < -0.39 is 0 Å². The molecule has 0 spiro atoms. The quantitative estimate of drug-likeness (QED) is 0.195. The fraction of sp³-hybridized carbons (Fsp3) is 0.176. The van der Waals surface area contributed by atoms with Crippen LogP contribution in [0.2, 0.25) is 0 Å². The van der Waals surface area contributed by atoms with Crippen LogP contribution in [0.25, 0.3) is 22.3 Å². The van der Waals surface area contributed by atoms with Crippen LogP contribution in [0.1, 0.15) is 23.1 Å². The first-order valence-corrected chi connectivity index (χ1v) is 14.1. The second kappa shape index (κ2) is 14.1. The summed E-state index contributed by atoms with van der Waals surface area (Å²) in [7, 11) is 0. The van der Waals surface area contributed by atoms with Crippen LogP contribution in [0.3, 0.4) is 0 Å². The fourth-order valence-electron chi connectivity index (χ4n) is 4.69. The Kier molecular flexibility index (Phi) is 9.85. The maximum Gasteiger partial charge on any atom is 0.165 e. The number of benzene rings is 3. The van der Waals surface area contributed by atoms with Crippen LogP contribution in [0.15, 0.2) is 104 Å². The van der Waals surface area contributed by atoms with Gasteiger partial charge in [0.25, 0.3) is 0 Å². The van der Waals surface area contributed by atoms with Crippen molar-refractivity contribution in [1.82, 2.24) is 15.3 Å². The number of aryl methyl sites for hydroxylation is 1. The lowest BCUT2D eigenvalue weighted by Gasteiger charge is -2.26. The lowest BCUT2D eigenvalue weighted by atomic mass is 10.0. The molecule has 1 unspecified atom stereocenters. The van der Waals surface area contributed by atoms with E-state index in [0.717, 1.165) is 51.8 Å². The van der Waals surface area contributed by atoms with Gasteiger partial charge in [-0.3, -0.25) is 9.97 Å². The third-order valence-electron chi connectivity index (χ3n) is 6.87. The van der Waals surface area contributed by atoms with Crippen molar-refractivity contribution in [1.29, 1.82) is 0 Å². The van der Waals surface area contributed by atoms with Crippen LogP contribution in [-0.2, 0) is 18.8 Å². The molecule has 0 amide bonds. The molecule has 5 aromatic rings. The topological polar surface area (TPSA) is 47.0 Å². The Balaban J connectivity index is 0.000000199. The van der Waals surface area contributed by atoms with Crippen LogP contribution in [0.5, 0.6) is 5.75 Å². The zero-order valence-electron chi connectivity index (χ0n) is 22.7. The number of ether oxygens (including phenoxy) is 1. The number of aromatic nitrogens is 2. The van der Waals surface area contributed by atoms with Crippen LogP contribution >= 0.6 is 11.6 Å². The first-order valence-electron chi connectivity index (χ1n) is 13.6. The van der Waals surface area contributed by atoms with E-state index in [-0.39, 0.29) is 23.6 Å². The van der Waals surface area contributed by atoms with Gasteiger partial charge in [-0.25, -0.2) is 13.2 Å². The summed E-state index contributed by atoms with van der Waals surface area (Å²) in [5, 5.41) is 3.36. The van der Waals surface area contributed by atoms with Gasteiger partial charge in [0.1, 0.15) is 17.7 Å². The van der Waals surface area contributed by atoms with Gasteiger partial charge in [-0.1, -0.05) is 36.4 Å². The summed E-state index contributed by atoms with van der Waals surface area (Å²) in [4.78, 5) is 8.35. The summed E-state index contributed by atoms with van der Waals surface area (Å²) in [6.45, 7) is 1.26. The van der Waals surface area contributed by atoms with Gasteiger partial charge in [-0.15, -0.1) is 11.6 Å². The molecule has 1 N–H and O–H groups in total. The van der Waals surface area contributed by atoms with Crippen molar-refractivity contribution in [3.8, 4) is 28.0 Å². The molecule has 0 saturated carbocycles. The lowest BCUT2D eigenvalue weighted by molar-refractivity contribution is 0.162. The maximum atomic E-state index is 13.9. The van der Waals surface area contributed by atoms with E-state index in [1.54, 1.807) is 55.1 Å². The lowest BCUT2D eigenvalue weighted by Crippen LogP contribution is -2.34. The van der Waals surface area contributed by atoms with E-state index in [0.29, 0.717) is 24.7 Å². The van der Waals surface area contributed by atoms with Gasteiger partial charge in [0, 0.05) is 54.9 Å². The molecular formula is C34H29ClF3N3O. The highest BCUT2D eigenvalue weighted by Crippen LogP contribution is 2.30. The molecule has 3 aromatic carbocycles. The summed E-state index contributed by atoms with van der Waals surface area (Å²) in [6.07, 6.45) is 8.65. The number of fused-ring (bicyclic) bond motifs is 1. The SMILES string of the molecule is Fc1ccc(-c2cncc(CCl)c2)cc1.Fc1ccc(-c2cncc(CNCC3CCc4cccc(F)c4O3)c2)cc1. The second-order valence-corrected chi connectivity index (χ2v) is 10.2. The van der Waals surface area contributed by atoms with E-state index in [9.17, 15) is 13.2 Å². The predicted molar refractivity (Wildman–Crippen MR) is 160 cm³/mol. The number of halogens is 4. The Morgan fingerprint density at radius 3 is 1.95 bits per heavy atom. The molecular weight excluding hydrogens is 559 g/mol. The molecule has 2 aromatic heterocycles. The summed E-state index contributed by atoms with van der Waals surface area (Å²) < 4.78 is 45.5. The molecule has 1 aliphatic heterocycles. The number of nitrogens with zero attached hydrogens (tertiary/aromatic N) is 2. The van der Waals surface area contributed by atoms with Gasteiger partial charge in [-0.05, 0) is 83.1 Å². The van der Waals surface area contributed by atoms with E-state index in [2.05, 4.69) is 15.3 Å². The molecule has 0 saturated heterocycles. The molecule has 1 aliphatic rings. The Morgan fingerprint density at radius 1 is 0.738 bits per heavy atom. The minimum atomic E-state index is -0.298. The van der Waals surface area contributed by atoms with Gasteiger partial charge >= 0.3 is 0 Å². The molecule has 0 aliphatic carbocycles. The number of pyridine rings is 2. The normalized spacial score (nSPS) is 13.9. The number of para-hydroxylation sites is 1. The van der Waals surface area contributed by atoms with Crippen LogP contribution in [0.4, 0.5) is 13.2 Å². The van der Waals surface area contributed by atoms with E-state index in [1.165, 1.54) is 30.3 Å². The summed E-state index contributed by atoms with van der Waals surface area (Å²) in [6, 6.07) is 21.7. The second-order valence-electron chi connectivity index (χ2n) is 9.95. The van der Waals surface area contributed by atoms with Crippen molar-refractivity contribution < 1.29 is 17.9 Å². The first-order chi connectivity index (χ1) is 20.5. The van der Waals surface area contributed by atoms with Crippen molar-refractivity contribution in [2.24, 2.45) is 0 Å². The Bertz CT molecular complexity index is 1610. The smallest absolute Gasteiger partial charge is 0.165 e. The third-order valence-corrected chi connectivity index (χ3v) is 7.18. The molecule has 214 valence electrons. The molecule has 6 rings (SSSR count). The molecule has 42 heavy (non-hydrogen) atoms. The third kappa shape index (κ3) is 7.75.